The molecule has 0 aliphatic carbocycles. The Morgan fingerprint density at radius 2 is 1.45 bits per heavy atom. The maximum Gasteiger partial charge on any atom is 0.184 e. The van der Waals surface area contributed by atoms with Crippen molar-refractivity contribution in [2.45, 2.75) is 75.9 Å². The zero-order chi connectivity index (χ0) is 16.2. The van der Waals surface area contributed by atoms with E-state index in [1.807, 2.05) is 0 Å². The summed E-state index contributed by atoms with van der Waals surface area (Å²) in [6.45, 7) is 7.61. The van der Waals surface area contributed by atoms with E-state index < -0.39 is 41.0 Å². The smallest absolute Gasteiger partial charge is 0.184 e. The van der Waals surface area contributed by atoms with E-state index >= 15 is 0 Å². The summed E-state index contributed by atoms with van der Waals surface area (Å²) in [6, 6.07) is 0. The molecule has 0 bridgehead atoms. The third-order valence-electron chi connectivity index (χ3n) is 5.10. The zero-order valence-corrected chi connectivity index (χ0v) is 12.9. The molecule has 20 heavy (non-hydrogen) atoms. The van der Waals surface area contributed by atoms with Crippen LogP contribution in [0.5, 0.6) is 0 Å². The largest absolute Gasteiger partial charge is 0.393 e. The quantitative estimate of drug-likeness (QED) is 0.356. The van der Waals surface area contributed by atoms with Gasteiger partial charge in [0.15, 0.2) is 5.79 Å². The highest BCUT2D eigenvalue weighted by molar-refractivity contribution is 5.24. The maximum atomic E-state index is 10.9. The molecule has 0 aromatic carbocycles. The van der Waals surface area contributed by atoms with Crippen molar-refractivity contribution in [3.8, 4) is 0 Å². The van der Waals surface area contributed by atoms with Crippen molar-refractivity contribution in [2.75, 3.05) is 6.61 Å². The van der Waals surface area contributed by atoms with Gasteiger partial charge in [-0.3, -0.25) is 5.32 Å². The lowest BCUT2D eigenvalue weighted by molar-refractivity contribution is -0.420. The third-order valence-corrected chi connectivity index (χ3v) is 5.10. The number of nitrogens with one attached hydrogen (secondary N) is 1. The molecular formula is C13H27NO6. The van der Waals surface area contributed by atoms with Crippen LogP contribution in [0.25, 0.3) is 0 Å². The minimum absolute atomic E-state index is 0.600. The molecule has 1 heterocycles. The van der Waals surface area contributed by atoms with E-state index in [2.05, 4.69) is 5.32 Å². The van der Waals surface area contributed by atoms with Gasteiger partial charge in [-0.1, -0.05) is 0 Å². The molecule has 0 amide bonds. The zero-order valence-electron chi connectivity index (χ0n) is 12.9. The molecule has 0 saturated carbocycles. The van der Waals surface area contributed by atoms with Gasteiger partial charge in [0.25, 0.3) is 0 Å². The Morgan fingerprint density at radius 1 is 1.00 bits per heavy atom. The molecule has 0 aromatic rings. The van der Waals surface area contributed by atoms with Gasteiger partial charge in [-0.15, -0.1) is 0 Å². The highest BCUT2D eigenvalue weighted by atomic mass is 16.7. The second kappa shape index (κ2) is 4.61. The number of ether oxygens (including phenoxy) is 1. The summed E-state index contributed by atoms with van der Waals surface area (Å²) < 4.78 is 5.50. The predicted octanol–water partition coefficient (Wildman–Crippen LogP) is -1.34. The Kier molecular flexibility index (Phi) is 4.09. The molecule has 6 atom stereocenters. The molecule has 7 heteroatoms. The van der Waals surface area contributed by atoms with E-state index in [1.54, 1.807) is 0 Å². The second-order valence-corrected chi connectivity index (χ2v) is 6.56. The molecule has 1 aliphatic rings. The summed E-state index contributed by atoms with van der Waals surface area (Å²) in [5, 5.41) is 54.0. The standard InChI is InChI=1S/C13H27NO6/c1-8(16)14-10(3)12(5,18)11(4,17)9(2,7-15)20-13(10,6)19/h8,14-19H,7H2,1-6H3/t8?,9?,10?,11-,12?,13-/m1/s1. The fourth-order valence-electron chi connectivity index (χ4n) is 2.97. The molecule has 120 valence electrons. The van der Waals surface area contributed by atoms with Crippen molar-refractivity contribution in [3.05, 3.63) is 0 Å². The molecule has 0 aromatic heterocycles. The third kappa shape index (κ3) is 2.00. The van der Waals surface area contributed by atoms with Crippen LogP contribution in [0, 0.1) is 0 Å². The summed E-state index contributed by atoms with van der Waals surface area (Å²) in [5.41, 5.74) is -6.99. The molecule has 1 rings (SSSR count). The number of hydrogen-bond donors (Lipinski definition) is 6. The fraction of sp³-hybridized carbons (Fsp3) is 1.00. The van der Waals surface area contributed by atoms with Crippen LogP contribution in [0.1, 0.15) is 41.5 Å². The molecule has 6 N–H and O–H groups in total. The highest BCUT2D eigenvalue weighted by Gasteiger charge is 2.74. The van der Waals surface area contributed by atoms with Crippen LogP contribution in [0.2, 0.25) is 0 Å². The first-order valence-electron chi connectivity index (χ1n) is 6.62. The summed E-state index contributed by atoms with van der Waals surface area (Å²) >= 11 is 0. The van der Waals surface area contributed by atoms with Gasteiger partial charge < -0.3 is 30.3 Å². The molecule has 1 fully saturated rings. The predicted molar refractivity (Wildman–Crippen MR) is 71.7 cm³/mol. The lowest BCUT2D eigenvalue weighted by atomic mass is 9.59. The van der Waals surface area contributed by atoms with Crippen LogP contribution < -0.4 is 5.32 Å². The van der Waals surface area contributed by atoms with Crippen LogP contribution in [0.3, 0.4) is 0 Å². The van der Waals surface area contributed by atoms with E-state index in [0.29, 0.717) is 0 Å². The van der Waals surface area contributed by atoms with Crippen LogP contribution in [-0.2, 0) is 4.74 Å². The minimum atomic E-state index is -1.95. The Bertz CT molecular complexity index is 381. The summed E-state index contributed by atoms with van der Waals surface area (Å²) in [7, 11) is 0. The topological polar surface area (TPSA) is 122 Å². The van der Waals surface area contributed by atoms with Gasteiger partial charge in [-0.05, 0) is 41.5 Å². The van der Waals surface area contributed by atoms with Gasteiger partial charge in [0.2, 0.25) is 0 Å². The van der Waals surface area contributed by atoms with E-state index in [-0.39, 0.29) is 0 Å². The van der Waals surface area contributed by atoms with E-state index in [1.165, 1.54) is 41.5 Å². The van der Waals surface area contributed by atoms with Gasteiger partial charge in [0.05, 0.1) is 6.61 Å². The highest BCUT2D eigenvalue weighted by Crippen LogP contribution is 2.52. The summed E-state index contributed by atoms with van der Waals surface area (Å²) in [6.07, 6.45) is -1.06. The fourth-order valence-corrected chi connectivity index (χ4v) is 2.97. The molecule has 0 radical (unpaired) electrons. The van der Waals surface area contributed by atoms with Crippen LogP contribution in [0.15, 0.2) is 0 Å². The summed E-state index contributed by atoms with van der Waals surface area (Å²) in [4.78, 5) is 0. The Morgan fingerprint density at radius 3 is 1.80 bits per heavy atom. The molecule has 0 spiro atoms. The van der Waals surface area contributed by atoms with Crippen LogP contribution >= 0.6 is 0 Å². The van der Waals surface area contributed by atoms with Crippen molar-refractivity contribution < 1.29 is 30.3 Å². The minimum Gasteiger partial charge on any atom is -0.393 e. The normalized spacial score (nSPS) is 54.8. The van der Waals surface area contributed by atoms with Gasteiger partial charge in [0, 0.05) is 0 Å². The van der Waals surface area contributed by atoms with Crippen molar-refractivity contribution in [1.82, 2.24) is 5.32 Å². The lowest BCUT2D eigenvalue weighted by Crippen LogP contribution is -2.88. The number of aliphatic hydroxyl groups is 5. The number of hydrogen-bond acceptors (Lipinski definition) is 7. The van der Waals surface area contributed by atoms with Gasteiger partial charge in [-0.25, -0.2) is 0 Å². The first-order chi connectivity index (χ1) is 8.68. The Hall–Kier alpha value is -0.280. The van der Waals surface area contributed by atoms with Crippen molar-refractivity contribution >= 4 is 0 Å². The molecular weight excluding hydrogens is 266 g/mol. The maximum absolute atomic E-state index is 10.9. The summed E-state index contributed by atoms with van der Waals surface area (Å²) in [5.74, 6) is -1.95. The van der Waals surface area contributed by atoms with Gasteiger partial charge >= 0.3 is 0 Å². The van der Waals surface area contributed by atoms with Crippen molar-refractivity contribution in [2.24, 2.45) is 0 Å². The van der Waals surface area contributed by atoms with Crippen molar-refractivity contribution in [3.63, 3.8) is 0 Å². The Balaban J connectivity index is 3.49. The molecule has 1 aliphatic heterocycles. The van der Waals surface area contributed by atoms with E-state index in [4.69, 9.17) is 4.74 Å². The average Bonchev–Trinajstić information content (AvgIpc) is 2.24. The van der Waals surface area contributed by atoms with E-state index in [9.17, 15) is 25.5 Å². The van der Waals surface area contributed by atoms with Gasteiger partial charge in [-0.2, -0.15) is 0 Å². The Labute approximate surface area is 119 Å². The number of aliphatic hydroxyl groups excluding tert-OH is 2. The van der Waals surface area contributed by atoms with Crippen molar-refractivity contribution in [1.29, 1.82) is 0 Å². The van der Waals surface area contributed by atoms with Crippen LogP contribution in [-0.4, -0.2) is 66.5 Å². The van der Waals surface area contributed by atoms with E-state index in [0.717, 1.165) is 0 Å². The average molecular weight is 293 g/mol. The molecule has 7 nitrogen and oxygen atoms in total. The second-order valence-electron chi connectivity index (χ2n) is 6.56. The first kappa shape index (κ1) is 17.8. The lowest BCUT2D eigenvalue weighted by Gasteiger charge is -2.66. The first-order valence-corrected chi connectivity index (χ1v) is 6.62. The monoisotopic (exact) mass is 293 g/mol. The van der Waals surface area contributed by atoms with Crippen LogP contribution in [0.4, 0.5) is 0 Å². The molecule has 4 unspecified atom stereocenters. The molecule has 1 saturated heterocycles. The SMILES string of the molecule is CC(O)NC1(C)C(C)(O)[C@](C)(O)C(C)(CO)O[C@@]1(C)O. The van der Waals surface area contributed by atoms with Gasteiger partial charge in [0.1, 0.15) is 28.6 Å². The number of rotatable bonds is 3.